The molecule has 0 atom stereocenters. The summed E-state index contributed by atoms with van der Waals surface area (Å²) in [4.78, 5) is 23.8. The maximum absolute atomic E-state index is 14.3. The molecule has 2 aromatic rings. The zero-order valence-electron chi connectivity index (χ0n) is 14.1. The highest BCUT2D eigenvalue weighted by molar-refractivity contribution is 5.96. The summed E-state index contributed by atoms with van der Waals surface area (Å²) < 4.78 is 14.3. The molecule has 5 heteroatoms. The number of carbonyl (C=O) groups is 2. The molecule has 1 aliphatic rings. The molecular weight excluding hydrogens is 319 g/mol. The van der Waals surface area contributed by atoms with E-state index in [9.17, 15) is 14.0 Å². The molecule has 0 radical (unpaired) electrons. The lowest BCUT2D eigenvalue weighted by Gasteiger charge is -2.31. The van der Waals surface area contributed by atoms with Crippen LogP contribution in [0.3, 0.4) is 0 Å². The van der Waals surface area contributed by atoms with E-state index in [4.69, 9.17) is 0 Å². The molecule has 130 valence electrons. The quantitative estimate of drug-likeness (QED) is 0.884. The third-order valence-electron chi connectivity index (χ3n) is 4.67. The average molecular weight is 340 g/mol. The van der Waals surface area contributed by atoms with E-state index < -0.39 is 5.54 Å². The van der Waals surface area contributed by atoms with Gasteiger partial charge in [0, 0.05) is 23.7 Å². The lowest BCUT2D eigenvalue weighted by molar-refractivity contribution is -0.114. The first-order valence-corrected chi connectivity index (χ1v) is 8.45. The highest BCUT2D eigenvalue weighted by atomic mass is 19.1. The van der Waals surface area contributed by atoms with E-state index in [2.05, 4.69) is 10.6 Å². The van der Waals surface area contributed by atoms with E-state index in [-0.39, 0.29) is 17.6 Å². The first-order chi connectivity index (χ1) is 12.0. The van der Waals surface area contributed by atoms with E-state index in [0.29, 0.717) is 16.8 Å². The van der Waals surface area contributed by atoms with Gasteiger partial charge < -0.3 is 10.6 Å². The molecule has 25 heavy (non-hydrogen) atoms. The van der Waals surface area contributed by atoms with Gasteiger partial charge in [-0.15, -0.1) is 0 Å². The number of rotatable bonds is 4. The summed E-state index contributed by atoms with van der Waals surface area (Å²) in [5.74, 6) is -0.688. The summed E-state index contributed by atoms with van der Waals surface area (Å²) in [7, 11) is 0. The third-order valence-corrected chi connectivity index (χ3v) is 4.67. The van der Waals surface area contributed by atoms with E-state index in [1.807, 2.05) is 0 Å². The van der Waals surface area contributed by atoms with Gasteiger partial charge in [0.15, 0.2) is 0 Å². The minimum Gasteiger partial charge on any atom is -0.342 e. The zero-order chi connectivity index (χ0) is 17.9. The van der Waals surface area contributed by atoms with Crippen molar-refractivity contribution in [1.29, 1.82) is 0 Å². The first kappa shape index (κ1) is 17.1. The van der Waals surface area contributed by atoms with Crippen LogP contribution in [0.5, 0.6) is 0 Å². The van der Waals surface area contributed by atoms with Gasteiger partial charge in [-0.05, 0) is 43.2 Å². The zero-order valence-corrected chi connectivity index (χ0v) is 14.1. The molecule has 4 nitrogen and oxygen atoms in total. The summed E-state index contributed by atoms with van der Waals surface area (Å²) >= 11 is 0. The topological polar surface area (TPSA) is 58.2 Å². The third kappa shape index (κ3) is 3.71. The number of halogens is 1. The Kier molecular flexibility index (Phi) is 4.83. The summed E-state index contributed by atoms with van der Waals surface area (Å²) in [6.45, 7) is 1.43. The van der Waals surface area contributed by atoms with Crippen LogP contribution in [0.25, 0.3) is 0 Å². The Labute approximate surface area is 146 Å². The molecule has 2 aromatic carbocycles. The van der Waals surface area contributed by atoms with E-state index in [1.54, 1.807) is 42.5 Å². The van der Waals surface area contributed by atoms with Crippen LogP contribution in [-0.2, 0) is 10.3 Å². The SMILES string of the molecule is CC(=O)Nc1ccc(C(=O)NC2(c3ccccc3F)CCCC2)cc1. The monoisotopic (exact) mass is 340 g/mol. The number of amides is 2. The molecule has 1 fully saturated rings. The van der Waals surface area contributed by atoms with Crippen LogP contribution in [-0.4, -0.2) is 11.8 Å². The van der Waals surface area contributed by atoms with Crippen LogP contribution in [0.4, 0.5) is 10.1 Å². The fourth-order valence-electron chi connectivity index (χ4n) is 3.49. The Hall–Kier alpha value is -2.69. The highest BCUT2D eigenvalue weighted by Gasteiger charge is 2.39. The molecule has 3 rings (SSSR count). The minimum atomic E-state index is -0.654. The Balaban J connectivity index is 1.82. The lowest BCUT2D eigenvalue weighted by atomic mass is 9.87. The molecule has 2 N–H and O–H groups in total. The molecule has 0 unspecified atom stereocenters. The summed E-state index contributed by atoms with van der Waals surface area (Å²) in [6.07, 6.45) is 3.36. The number of nitrogens with one attached hydrogen (secondary N) is 2. The van der Waals surface area contributed by atoms with Crippen molar-refractivity contribution in [2.24, 2.45) is 0 Å². The van der Waals surface area contributed by atoms with Crippen molar-refractivity contribution in [2.75, 3.05) is 5.32 Å². The van der Waals surface area contributed by atoms with Crippen LogP contribution in [0.15, 0.2) is 48.5 Å². The van der Waals surface area contributed by atoms with Gasteiger partial charge in [-0.25, -0.2) is 4.39 Å². The maximum atomic E-state index is 14.3. The molecular formula is C20H21FN2O2. The smallest absolute Gasteiger partial charge is 0.251 e. The van der Waals surface area contributed by atoms with Crippen molar-refractivity contribution >= 4 is 17.5 Å². The molecule has 0 aliphatic heterocycles. The summed E-state index contributed by atoms with van der Waals surface area (Å²) in [5.41, 5.74) is 1.01. The van der Waals surface area contributed by atoms with Gasteiger partial charge in [-0.3, -0.25) is 9.59 Å². The molecule has 0 saturated heterocycles. The minimum absolute atomic E-state index is 0.165. The van der Waals surface area contributed by atoms with Crippen LogP contribution < -0.4 is 10.6 Å². The maximum Gasteiger partial charge on any atom is 0.251 e. The first-order valence-electron chi connectivity index (χ1n) is 8.45. The van der Waals surface area contributed by atoms with Gasteiger partial charge >= 0.3 is 0 Å². The predicted molar refractivity (Wildman–Crippen MR) is 94.8 cm³/mol. The Morgan fingerprint density at radius 3 is 2.24 bits per heavy atom. The Bertz CT molecular complexity index is 781. The summed E-state index contributed by atoms with van der Waals surface area (Å²) in [5, 5.41) is 5.72. The molecule has 0 spiro atoms. The van der Waals surface area contributed by atoms with Crippen molar-refractivity contribution in [1.82, 2.24) is 5.32 Å². The average Bonchev–Trinajstić information content (AvgIpc) is 3.04. The number of hydrogen-bond acceptors (Lipinski definition) is 2. The Morgan fingerprint density at radius 2 is 1.64 bits per heavy atom. The van der Waals surface area contributed by atoms with Gasteiger partial charge in [0.25, 0.3) is 5.91 Å². The molecule has 1 saturated carbocycles. The molecule has 0 aromatic heterocycles. The molecule has 0 heterocycles. The second-order valence-electron chi connectivity index (χ2n) is 6.48. The van der Waals surface area contributed by atoms with Crippen LogP contribution in [0.1, 0.15) is 48.5 Å². The number of anilines is 1. The van der Waals surface area contributed by atoms with E-state index in [0.717, 1.165) is 25.7 Å². The largest absolute Gasteiger partial charge is 0.342 e. The molecule has 0 bridgehead atoms. The standard InChI is InChI=1S/C20H21FN2O2/c1-14(24)22-16-10-8-15(9-11-16)19(25)23-20(12-4-5-13-20)17-6-2-3-7-18(17)21/h2-3,6-11H,4-5,12-13H2,1H3,(H,22,24)(H,23,25). The normalized spacial score (nSPS) is 15.6. The fraction of sp³-hybridized carbons (Fsp3) is 0.300. The second-order valence-corrected chi connectivity index (χ2v) is 6.48. The van der Waals surface area contributed by atoms with Crippen molar-refractivity contribution < 1.29 is 14.0 Å². The highest BCUT2D eigenvalue weighted by Crippen LogP contribution is 2.40. The van der Waals surface area contributed by atoms with Crippen molar-refractivity contribution in [2.45, 2.75) is 38.1 Å². The fourth-order valence-corrected chi connectivity index (χ4v) is 3.49. The predicted octanol–water partition coefficient (Wildman–Crippen LogP) is 3.98. The van der Waals surface area contributed by atoms with Crippen LogP contribution in [0.2, 0.25) is 0 Å². The second kappa shape index (κ2) is 7.05. The van der Waals surface area contributed by atoms with Gasteiger partial charge in [-0.2, -0.15) is 0 Å². The Morgan fingerprint density at radius 1 is 1.00 bits per heavy atom. The van der Waals surface area contributed by atoms with Crippen molar-refractivity contribution in [3.8, 4) is 0 Å². The van der Waals surface area contributed by atoms with Crippen molar-refractivity contribution in [3.05, 3.63) is 65.5 Å². The molecule has 2 amide bonds. The number of hydrogen-bond donors (Lipinski definition) is 2. The van der Waals surface area contributed by atoms with Gasteiger partial charge in [-0.1, -0.05) is 31.0 Å². The number of benzene rings is 2. The summed E-state index contributed by atoms with van der Waals surface area (Å²) in [6, 6.07) is 13.3. The van der Waals surface area contributed by atoms with E-state index >= 15 is 0 Å². The van der Waals surface area contributed by atoms with Gasteiger partial charge in [0.1, 0.15) is 5.82 Å². The van der Waals surface area contributed by atoms with Crippen molar-refractivity contribution in [3.63, 3.8) is 0 Å². The number of carbonyl (C=O) groups excluding carboxylic acids is 2. The molecule has 1 aliphatic carbocycles. The van der Waals surface area contributed by atoms with Crippen LogP contribution in [0, 0.1) is 5.82 Å². The lowest BCUT2D eigenvalue weighted by Crippen LogP contribution is -2.44. The van der Waals surface area contributed by atoms with E-state index in [1.165, 1.54) is 13.0 Å². The van der Waals surface area contributed by atoms with Crippen LogP contribution >= 0.6 is 0 Å². The van der Waals surface area contributed by atoms with Gasteiger partial charge in [0.2, 0.25) is 5.91 Å². The van der Waals surface area contributed by atoms with Gasteiger partial charge in [0.05, 0.1) is 5.54 Å².